The first kappa shape index (κ1) is 13.0. The van der Waals surface area contributed by atoms with Crippen molar-refractivity contribution in [1.82, 2.24) is 14.8 Å². The number of benzene rings is 1. The molecular formula is C14H10Cl2N4. The van der Waals surface area contributed by atoms with Gasteiger partial charge in [0.05, 0.1) is 27.6 Å². The lowest BCUT2D eigenvalue weighted by Gasteiger charge is -2.03. The van der Waals surface area contributed by atoms with Gasteiger partial charge in [0.25, 0.3) is 0 Å². The molecule has 0 atom stereocenters. The van der Waals surface area contributed by atoms with E-state index in [9.17, 15) is 0 Å². The fourth-order valence-electron chi connectivity index (χ4n) is 1.91. The van der Waals surface area contributed by atoms with Crippen LogP contribution in [0.5, 0.6) is 0 Å². The molecule has 0 bridgehead atoms. The Labute approximate surface area is 125 Å². The van der Waals surface area contributed by atoms with E-state index in [0.717, 1.165) is 5.69 Å². The lowest BCUT2D eigenvalue weighted by Crippen LogP contribution is -1.94. The number of anilines is 1. The Balaban J connectivity index is 2.12. The number of nitrogen functional groups attached to an aromatic ring is 1. The van der Waals surface area contributed by atoms with Crippen LogP contribution in [-0.4, -0.2) is 14.8 Å². The topological polar surface area (TPSA) is 56.7 Å². The van der Waals surface area contributed by atoms with Crippen LogP contribution in [0.3, 0.4) is 0 Å². The van der Waals surface area contributed by atoms with Gasteiger partial charge in [-0.15, -0.1) is 0 Å². The van der Waals surface area contributed by atoms with Gasteiger partial charge < -0.3 is 5.73 Å². The second-order valence-corrected chi connectivity index (χ2v) is 4.97. The van der Waals surface area contributed by atoms with Gasteiger partial charge in [-0.1, -0.05) is 35.3 Å². The number of pyridine rings is 1. The van der Waals surface area contributed by atoms with Crippen LogP contribution in [-0.2, 0) is 0 Å². The predicted octanol–water partition coefficient (Wildman–Crippen LogP) is 3.82. The third-order valence-corrected chi connectivity index (χ3v) is 3.70. The molecule has 2 heterocycles. The van der Waals surface area contributed by atoms with Crippen molar-refractivity contribution in [2.75, 3.05) is 5.73 Å². The Morgan fingerprint density at radius 2 is 1.80 bits per heavy atom. The molecule has 0 aliphatic carbocycles. The van der Waals surface area contributed by atoms with E-state index in [1.165, 1.54) is 0 Å². The van der Waals surface area contributed by atoms with Gasteiger partial charge in [-0.05, 0) is 18.2 Å². The molecule has 100 valence electrons. The minimum atomic E-state index is 0.445. The van der Waals surface area contributed by atoms with Crippen molar-refractivity contribution in [3.8, 4) is 16.9 Å². The maximum atomic E-state index is 6.21. The maximum absolute atomic E-state index is 6.21. The monoisotopic (exact) mass is 304 g/mol. The van der Waals surface area contributed by atoms with Gasteiger partial charge >= 0.3 is 0 Å². The summed E-state index contributed by atoms with van der Waals surface area (Å²) in [5, 5.41) is 5.39. The molecule has 2 N–H and O–H groups in total. The highest BCUT2D eigenvalue weighted by Gasteiger charge is 2.14. The first-order valence-electron chi connectivity index (χ1n) is 5.87. The predicted molar refractivity (Wildman–Crippen MR) is 81.2 cm³/mol. The average Bonchev–Trinajstić information content (AvgIpc) is 2.85. The zero-order valence-electron chi connectivity index (χ0n) is 10.3. The summed E-state index contributed by atoms with van der Waals surface area (Å²) in [6.45, 7) is 0. The van der Waals surface area contributed by atoms with E-state index >= 15 is 0 Å². The number of halogens is 2. The van der Waals surface area contributed by atoms with Gasteiger partial charge in [0.15, 0.2) is 0 Å². The summed E-state index contributed by atoms with van der Waals surface area (Å²) >= 11 is 12.2. The van der Waals surface area contributed by atoms with Crippen LogP contribution in [0.2, 0.25) is 10.0 Å². The van der Waals surface area contributed by atoms with Gasteiger partial charge in [-0.3, -0.25) is 4.98 Å². The summed E-state index contributed by atoms with van der Waals surface area (Å²) in [5.41, 5.74) is 8.75. The first-order valence-corrected chi connectivity index (χ1v) is 6.62. The Bertz CT molecular complexity index is 753. The van der Waals surface area contributed by atoms with Crippen molar-refractivity contribution >= 4 is 28.9 Å². The lowest BCUT2D eigenvalue weighted by molar-refractivity contribution is 0.881. The van der Waals surface area contributed by atoms with Gasteiger partial charge in [0, 0.05) is 18.0 Å². The van der Waals surface area contributed by atoms with Crippen LogP contribution in [0, 0.1) is 0 Å². The highest BCUT2D eigenvalue weighted by atomic mass is 35.5. The third kappa shape index (κ3) is 2.24. The summed E-state index contributed by atoms with van der Waals surface area (Å²) in [6, 6.07) is 9.06. The molecule has 0 saturated heterocycles. The summed E-state index contributed by atoms with van der Waals surface area (Å²) in [5.74, 6) is 0. The van der Waals surface area contributed by atoms with Crippen LogP contribution in [0.25, 0.3) is 16.9 Å². The molecule has 2 aromatic heterocycles. The largest absolute Gasteiger partial charge is 0.396 e. The summed E-state index contributed by atoms with van der Waals surface area (Å²) in [7, 11) is 0. The zero-order chi connectivity index (χ0) is 14.1. The molecule has 0 aliphatic heterocycles. The lowest BCUT2D eigenvalue weighted by atomic mass is 10.1. The number of aromatic nitrogens is 3. The second kappa shape index (κ2) is 5.15. The van der Waals surface area contributed by atoms with Gasteiger partial charge in [0.1, 0.15) is 5.69 Å². The van der Waals surface area contributed by atoms with E-state index in [1.54, 1.807) is 29.3 Å². The molecule has 0 radical (unpaired) electrons. The van der Waals surface area contributed by atoms with Crippen LogP contribution >= 0.6 is 23.2 Å². The Morgan fingerprint density at radius 1 is 1.05 bits per heavy atom. The molecule has 0 unspecified atom stereocenters. The normalized spacial score (nSPS) is 10.7. The van der Waals surface area contributed by atoms with Crippen LogP contribution in [0.1, 0.15) is 0 Å². The van der Waals surface area contributed by atoms with E-state index in [-0.39, 0.29) is 0 Å². The van der Waals surface area contributed by atoms with Crippen molar-refractivity contribution in [3.63, 3.8) is 0 Å². The average molecular weight is 305 g/mol. The van der Waals surface area contributed by atoms with Crippen molar-refractivity contribution in [1.29, 1.82) is 0 Å². The number of rotatable bonds is 2. The fraction of sp³-hybridized carbons (Fsp3) is 0. The van der Waals surface area contributed by atoms with Crippen LogP contribution in [0.4, 0.5) is 5.69 Å². The molecule has 1 aromatic carbocycles. The quantitative estimate of drug-likeness (QED) is 0.783. The molecule has 4 nitrogen and oxygen atoms in total. The van der Waals surface area contributed by atoms with Crippen LogP contribution < -0.4 is 5.73 Å². The highest BCUT2D eigenvalue weighted by molar-refractivity contribution is 6.43. The smallest absolute Gasteiger partial charge is 0.117 e. The minimum absolute atomic E-state index is 0.445. The van der Waals surface area contributed by atoms with E-state index in [1.807, 2.05) is 24.3 Å². The number of nitrogens with two attached hydrogens (primary N) is 1. The molecule has 6 heteroatoms. The molecular weight excluding hydrogens is 295 g/mol. The number of hydrogen-bond acceptors (Lipinski definition) is 3. The molecule has 20 heavy (non-hydrogen) atoms. The van der Waals surface area contributed by atoms with Gasteiger partial charge in [-0.2, -0.15) is 5.10 Å². The Kier molecular flexibility index (Phi) is 3.34. The molecule has 0 fully saturated rings. The molecule has 0 saturated carbocycles. The number of nitrogens with zero attached hydrogens (tertiary/aromatic N) is 3. The van der Waals surface area contributed by atoms with E-state index in [0.29, 0.717) is 27.0 Å². The number of hydrogen-bond donors (Lipinski definition) is 1. The molecule has 0 amide bonds. The second-order valence-electron chi connectivity index (χ2n) is 4.18. The highest BCUT2D eigenvalue weighted by Crippen LogP contribution is 2.35. The molecule has 0 spiro atoms. The SMILES string of the molecule is Nc1cn(-c2ccncc2)nc1-c1cccc(Cl)c1Cl. The van der Waals surface area contributed by atoms with Crippen molar-refractivity contribution < 1.29 is 0 Å². The zero-order valence-corrected chi connectivity index (χ0v) is 11.8. The summed E-state index contributed by atoms with van der Waals surface area (Å²) in [4.78, 5) is 3.97. The molecule has 0 aliphatic rings. The van der Waals surface area contributed by atoms with Crippen molar-refractivity contribution in [2.45, 2.75) is 0 Å². The van der Waals surface area contributed by atoms with Gasteiger partial charge in [0.2, 0.25) is 0 Å². The maximum Gasteiger partial charge on any atom is 0.117 e. The van der Waals surface area contributed by atoms with Crippen molar-refractivity contribution in [3.05, 3.63) is 59.0 Å². The summed E-state index contributed by atoms with van der Waals surface area (Å²) in [6.07, 6.45) is 5.13. The standard InChI is InChI=1S/C14H10Cl2N4/c15-11-3-1-2-10(13(11)16)14-12(17)8-20(19-14)9-4-6-18-7-5-9/h1-8H,17H2. The Hall–Kier alpha value is -2.04. The molecule has 3 rings (SSSR count). The van der Waals surface area contributed by atoms with Crippen LogP contribution in [0.15, 0.2) is 48.9 Å². The van der Waals surface area contributed by atoms with Gasteiger partial charge in [-0.25, -0.2) is 4.68 Å². The minimum Gasteiger partial charge on any atom is -0.396 e. The fourth-order valence-corrected chi connectivity index (χ4v) is 2.30. The third-order valence-electron chi connectivity index (χ3n) is 2.88. The van der Waals surface area contributed by atoms with E-state index < -0.39 is 0 Å². The summed E-state index contributed by atoms with van der Waals surface area (Å²) < 4.78 is 1.68. The van der Waals surface area contributed by atoms with E-state index in [2.05, 4.69) is 10.1 Å². The van der Waals surface area contributed by atoms with Crippen molar-refractivity contribution in [2.24, 2.45) is 0 Å². The first-order chi connectivity index (χ1) is 9.66. The van der Waals surface area contributed by atoms with E-state index in [4.69, 9.17) is 28.9 Å². The molecule has 3 aromatic rings. The Morgan fingerprint density at radius 3 is 2.55 bits per heavy atom.